The van der Waals surface area contributed by atoms with Crippen LogP contribution in [0.25, 0.3) is 0 Å². The summed E-state index contributed by atoms with van der Waals surface area (Å²) < 4.78 is 10.4. The minimum atomic E-state index is -0.333. The molecule has 0 fully saturated rings. The van der Waals surface area contributed by atoms with Crippen molar-refractivity contribution >= 4 is 5.97 Å². The molecule has 0 bridgehead atoms. The van der Waals surface area contributed by atoms with Crippen LogP contribution >= 0.6 is 0 Å². The van der Waals surface area contributed by atoms with Crippen molar-refractivity contribution in [2.45, 2.75) is 111 Å². The molecular weight excluding hydrogens is 336 g/mol. The molecule has 160 valence electrons. The first kappa shape index (κ1) is 26.2. The van der Waals surface area contributed by atoms with Gasteiger partial charge < -0.3 is 9.47 Å². The molecule has 0 unspecified atom stereocenters. The van der Waals surface area contributed by atoms with Gasteiger partial charge in [-0.1, -0.05) is 104 Å². The third-order valence-corrected chi connectivity index (χ3v) is 4.88. The Morgan fingerprint density at radius 2 is 1.15 bits per heavy atom. The molecule has 0 aromatic rings. The Kier molecular flexibility index (Phi) is 19.3. The van der Waals surface area contributed by atoms with E-state index in [1.54, 1.807) is 6.92 Å². The van der Waals surface area contributed by atoms with E-state index < -0.39 is 0 Å². The largest absolute Gasteiger partial charge is 0.460 e. The van der Waals surface area contributed by atoms with E-state index in [2.05, 4.69) is 20.4 Å². The maximum atomic E-state index is 11.2. The van der Waals surface area contributed by atoms with Crippen LogP contribution in [0.3, 0.4) is 0 Å². The molecule has 0 heterocycles. The number of carbonyl (C=O) groups is 1. The number of hydrogen-bond acceptors (Lipinski definition) is 3. The molecule has 0 N–H and O–H groups in total. The Morgan fingerprint density at radius 3 is 1.59 bits per heavy atom. The molecule has 0 spiro atoms. The zero-order valence-electron chi connectivity index (χ0n) is 18.5. The molecule has 0 aromatic heterocycles. The fraction of sp³-hybridized carbons (Fsp3) is 0.875. The van der Waals surface area contributed by atoms with Crippen molar-refractivity contribution in [3.05, 3.63) is 12.2 Å². The fourth-order valence-corrected chi connectivity index (χ4v) is 3.12. The zero-order chi connectivity index (χ0) is 20.2. The number of hydrogen-bond donors (Lipinski definition) is 0. The predicted molar refractivity (Wildman–Crippen MR) is 116 cm³/mol. The van der Waals surface area contributed by atoms with Crippen LogP contribution in [0.1, 0.15) is 111 Å². The summed E-state index contributed by atoms with van der Waals surface area (Å²) in [6.45, 7) is 11.4. The highest BCUT2D eigenvalue weighted by Crippen LogP contribution is 2.14. The molecule has 0 atom stereocenters. The molecule has 0 amide bonds. The van der Waals surface area contributed by atoms with E-state index in [1.165, 1.54) is 83.5 Å². The van der Waals surface area contributed by atoms with E-state index in [0.29, 0.717) is 18.8 Å². The van der Waals surface area contributed by atoms with Gasteiger partial charge in [-0.25, -0.2) is 4.79 Å². The summed E-state index contributed by atoms with van der Waals surface area (Å²) in [6.07, 6.45) is 19.2. The first-order chi connectivity index (χ1) is 13.0. The number of ether oxygens (including phenoxy) is 2. The van der Waals surface area contributed by atoms with Gasteiger partial charge in [0, 0.05) is 12.2 Å². The second-order valence-electron chi connectivity index (χ2n) is 8.31. The lowest BCUT2D eigenvalue weighted by Gasteiger charge is -2.06. The van der Waals surface area contributed by atoms with Crippen LogP contribution < -0.4 is 0 Å². The highest BCUT2D eigenvalue weighted by molar-refractivity contribution is 5.86. The Labute approximate surface area is 169 Å². The van der Waals surface area contributed by atoms with Gasteiger partial charge in [-0.15, -0.1) is 0 Å². The van der Waals surface area contributed by atoms with Gasteiger partial charge in [0.2, 0.25) is 0 Å². The summed E-state index contributed by atoms with van der Waals surface area (Å²) in [7, 11) is 0. The molecule has 27 heavy (non-hydrogen) atoms. The van der Waals surface area contributed by atoms with Gasteiger partial charge in [0.25, 0.3) is 0 Å². The van der Waals surface area contributed by atoms with Crippen molar-refractivity contribution in [2.24, 2.45) is 5.92 Å². The lowest BCUT2D eigenvalue weighted by Crippen LogP contribution is -2.11. The summed E-state index contributed by atoms with van der Waals surface area (Å²) in [6, 6.07) is 0. The van der Waals surface area contributed by atoms with Crippen molar-refractivity contribution < 1.29 is 14.3 Å². The van der Waals surface area contributed by atoms with Crippen LogP contribution in [0.2, 0.25) is 0 Å². The van der Waals surface area contributed by atoms with Gasteiger partial charge >= 0.3 is 5.97 Å². The lowest BCUT2D eigenvalue weighted by atomic mass is 10.0. The smallest absolute Gasteiger partial charge is 0.333 e. The zero-order valence-corrected chi connectivity index (χ0v) is 18.5. The fourth-order valence-electron chi connectivity index (χ4n) is 3.12. The highest BCUT2D eigenvalue weighted by atomic mass is 16.6. The molecule has 0 saturated carbocycles. The normalized spacial score (nSPS) is 11.1. The van der Waals surface area contributed by atoms with Gasteiger partial charge in [0.1, 0.15) is 6.61 Å². The van der Waals surface area contributed by atoms with E-state index in [1.807, 2.05) is 0 Å². The second-order valence-corrected chi connectivity index (χ2v) is 8.31. The standard InChI is InChI=1S/C24H46O3/c1-22(2)18-16-14-12-10-8-6-5-7-9-11-13-15-17-19-26-20-21-27-24(25)23(3)4/h22H,3,5-21H2,1-2,4H3. The quantitative estimate of drug-likeness (QED) is 0.126. The Bertz CT molecular complexity index is 350. The molecule has 0 aliphatic rings. The molecule has 3 nitrogen and oxygen atoms in total. The summed E-state index contributed by atoms with van der Waals surface area (Å²) >= 11 is 0. The summed E-state index contributed by atoms with van der Waals surface area (Å²) in [4.78, 5) is 11.2. The Morgan fingerprint density at radius 1 is 0.704 bits per heavy atom. The molecule has 0 aliphatic heterocycles. The van der Waals surface area contributed by atoms with Gasteiger partial charge in [-0.3, -0.25) is 0 Å². The Balaban J connectivity index is 3.07. The SMILES string of the molecule is C=C(C)C(=O)OCCOCCCCCCCCCCCCCCCC(C)C. The second kappa shape index (κ2) is 19.9. The van der Waals surface area contributed by atoms with Gasteiger partial charge in [-0.2, -0.15) is 0 Å². The molecule has 3 heteroatoms. The van der Waals surface area contributed by atoms with Crippen LogP contribution in [0.5, 0.6) is 0 Å². The highest BCUT2D eigenvalue weighted by Gasteiger charge is 2.01. The number of esters is 1. The van der Waals surface area contributed by atoms with Crippen LogP contribution in [0.15, 0.2) is 12.2 Å². The number of rotatable bonds is 20. The van der Waals surface area contributed by atoms with Crippen molar-refractivity contribution in [2.75, 3.05) is 19.8 Å². The molecular formula is C24H46O3. The minimum Gasteiger partial charge on any atom is -0.460 e. The molecule has 0 aromatic carbocycles. The van der Waals surface area contributed by atoms with Gasteiger partial charge in [0.15, 0.2) is 0 Å². The first-order valence-corrected chi connectivity index (χ1v) is 11.4. The monoisotopic (exact) mass is 382 g/mol. The molecule has 0 rings (SSSR count). The Hall–Kier alpha value is -0.830. The van der Waals surface area contributed by atoms with Crippen LogP contribution in [-0.4, -0.2) is 25.8 Å². The number of unbranched alkanes of at least 4 members (excludes halogenated alkanes) is 12. The van der Waals surface area contributed by atoms with E-state index in [4.69, 9.17) is 9.47 Å². The summed E-state index contributed by atoms with van der Waals surface area (Å²) in [5.74, 6) is 0.538. The maximum absolute atomic E-state index is 11.2. The molecule has 0 aliphatic carbocycles. The van der Waals surface area contributed by atoms with Crippen LogP contribution in [0, 0.1) is 5.92 Å². The van der Waals surface area contributed by atoms with Crippen molar-refractivity contribution in [1.82, 2.24) is 0 Å². The van der Waals surface area contributed by atoms with Crippen molar-refractivity contribution in [3.8, 4) is 0 Å². The van der Waals surface area contributed by atoms with Crippen molar-refractivity contribution in [3.63, 3.8) is 0 Å². The van der Waals surface area contributed by atoms with E-state index >= 15 is 0 Å². The molecule has 0 saturated heterocycles. The number of carbonyl (C=O) groups excluding carboxylic acids is 1. The first-order valence-electron chi connectivity index (χ1n) is 11.4. The predicted octanol–water partition coefficient (Wildman–Crippen LogP) is 7.24. The van der Waals surface area contributed by atoms with Crippen LogP contribution in [-0.2, 0) is 14.3 Å². The van der Waals surface area contributed by atoms with E-state index in [0.717, 1.165) is 18.9 Å². The summed E-state index contributed by atoms with van der Waals surface area (Å²) in [5.41, 5.74) is 0.437. The third-order valence-electron chi connectivity index (χ3n) is 4.88. The average molecular weight is 383 g/mol. The summed E-state index contributed by atoms with van der Waals surface area (Å²) in [5, 5.41) is 0. The molecule has 0 radical (unpaired) electrons. The van der Waals surface area contributed by atoms with Gasteiger partial charge in [0.05, 0.1) is 6.61 Å². The van der Waals surface area contributed by atoms with E-state index in [-0.39, 0.29) is 5.97 Å². The van der Waals surface area contributed by atoms with Crippen molar-refractivity contribution in [1.29, 1.82) is 0 Å². The average Bonchev–Trinajstić information content (AvgIpc) is 2.63. The van der Waals surface area contributed by atoms with Crippen LogP contribution in [0.4, 0.5) is 0 Å². The van der Waals surface area contributed by atoms with E-state index in [9.17, 15) is 4.79 Å². The third kappa shape index (κ3) is 21.3. The lowest BCUT2D eigenvalue weighted by molar-refractivity contribution is -0.140. The topological polar surface area (TPSA) is 35.5 Å². The minimum absolute atomic E-state index is 0.323. The maximum Gasteiger partial charge on any atom is 0.333 e. The van der Waals surface area contributed by atoms with Gasteiger partial charge in [-0.05, 0) is 19.3 Å².